The molecule has 1 amide bonds. The van der Waals surface area contributed by atoms with Crippen LogP contribution in [0.3, 0.4) is 0 Å². The number of fused-ring (bicyclic) bond motifs is 1. The van der Waals surface area contributed by atoms with Gasteiger partial charge < -0.3 is 9.64 Å². The van der Waals surface area contributed by atoms with Crippen LogP contribution in [0.1, 0.15) is 36.2 Å². The normalized spacial score (nSPS) is 27.2. The van der Waals surface area contributed by atoms with Crippen LogP contribution in [0.5, 0.6) is 0 Å². The van der Waals surface area contributed by atoms with Crippen molar-refractivity contribution < 1.29 is 9.53 Å². The fraction of sp³-hybridized carbons (Fsp3) is 0.562. The lowest BCUT2D eigenvalue weighted by Gasteiger charge is -2.34. The number of carbonyl (C=O) groups excluding carboxylic acids is 1. The maximum absolute atomic E-state index is 12.5. The quantitative estimate of drug-likeness (QED) is 0.934. The average Bonchev–Trinajstić information content (AvgIpc) is 3.25. The van der Waals surface area contributed by atoms with E-state index in [1.807, 2.05) is 28.7 Å². The Morgan fingerprint density at radius 3 is 3.22 bits per heavy atom. The number of aryl methyl sites for hydroxylation is 1. The molecule has 4 heterocycles. The number of carbonyl (C=O) groups is 1. The van der Waals surface area contributed by atoms with E-state index in [1.165, 1.54) is 0 Å². The van der Waals surface area contributed by atoms with Gasteiger partial charge in [-0.3, -0.25) is 9.89 Å². The smallest absolute Gasteiger partial charge is 0.227 e. The molecule has 3 atom stereocenters. The van der Waals surface area contributed by atoms with Gasteiger partial charge in [0, 0.05) is 13.1 Å². The summed E-state index contributed by atoms with van der Waals surface area (Å²) in [6.07, 6.45) is 2.51. The summed E-state index contributed by atoms with van der Waals surface area (Å²) in [5.41, 5.74) is 1.10. The molecule has 2 aromatic heterocycles. The van der Waals surface area contributed by atoms with E-state index in [2.05, 4.69) is 15.2 Å². The highest BCUT2D eigenvalue weighted by Crippen LogP contribution is 2.39. The Hall–Kier alpha value is -1.73. The molecule has 2 fully saturated rings. The maximum Gasteiger partial charge on any atom is 0.227 e. The molecule has 0 spiro atoms. The molecular weight excluding hydrogens is 312 g/mol. The van der Waals surface area contributed by atoms with Gasteiger partial charge in [0.15, 0.2) is 5.82 Å². The number of nitrogens with one attached hydrogen (secondary N) is 1. The predicted octanol–water partition coefficient (Wildman–Crippen LogP) is 2.10. The first-order valence-corrected chi connectivity index (χ1v) is 8.96. The van der Waals surface area contributed by atoms with Crippen LogP contribution in [-0.4, -0.2) is 45.2 Å². The summed E-state index contributed by atoms with van der Waals surface area (Å²) in [7, 11) is 0. The van der Waals surface area contributed by atoms with Crippen molar-refractivity contribution in [2.45, 2.75) is 38.4 Å². The van der Waals surface area contributed by atoms with Crippen LogP contribution in [0.2, 0.25) is 0 Å². The second kappa shape index (κ2) is 6.05. The Balaban J connectivity index is 1.38. The van der Waals surface area contributed by atoms with Crippen LogP contribution >= 0.6 is 11.3 Å². The molecule has 4 rings (SSSR count). The van der Waals surface area contributed by atoms with Gasteiger partial charge in [0.25, 0.3) is 0 Å². The monoisotopic (exact) mass is 332 g/mol. The lowest BCUT2D eigenvalue weighted by molar-refractivity contribution is -0.135. The number of nitrogens with zero attached hydrogens (tertiary/aromatic N) is 3. The fourth-order valence-corrected chi connectivity index (χ4v) is 4.18. The molecule has 1 N–H and O–H groups in total. The van der Waals surface area contributed by atoms with Crippen molar-refractivity contribution in [3.63, 3.8) is 0 Å². The predicted molar refractivity (Wildman–Crippen MR) is 86.1 cm³/mol. The first-order valence-electron chi connectivity index (χ1n) is 8.02. The van der Waals surface area contributed by atoms with E-state index in [1.54, 1.807) is 11.3 Å². The summed E-state index contributed by atoms with van der Waals surface area (Å²) in [5, 5.41) is 11.1. The number of ether oxygens (including phenoxy) is 1. The number of piperidine rings is 1. The highest BCUT2D eigenvalue weighted by atomic mass is 32.1. The molecule has 2 saturated heterocycles. The minimum absolute atomic E-state index is 0.0399. The molecule has 2 aliphatic heterocycles. The van der Waals surface area contributed by atoms with Gasteiger partial charge in [0.05, 0.1) is 12.5 Å². The molecule has 6 nitrogen and oxygen atoms in total. The second-order valence-corrected chi connectivity index (χ2v) is 7.15. The molecule has 0 aliphatic carbocycles. The van der Waals surface area contributed by atoms with Crippen LogP contribution in [0.4, 0.5) is 0 Å². The van der Waals surface area contributed by atoms with E-state index >= 15 is 0 Å². The number of hydrogen-bond donors (Lipinski definition) is 1. The molecule has 0 radical (unpaired) electrons. The minimum atomic E-state index is -0.0399. The molecule has 7 heteroatoms. The van der Waals surface area contributed by atoms with Crippen LogP contribution < -0.4 is 0 Å². The Bertz CT molecular complexity index is 684. The van der Waals surface area contributed by atoms with E-state index in [0.717, 1.165) is 36.6 Å². The van der Waals surface area contributed by atoms with Crippen LogP contribution in [0.15, 0.2) is 16.8 Å². The number of hydrogen-bond acceptors (Lipinski definition) is 5. The summed E-state index contributed by atoms with van der Waals surface area (Å²) < 4.78 is 6.14. The highest BCUT2D eigenvalue weighted by Gasteiger charge is 2.41. The maximum atomic E-state index is 12.5. The summed E-state index contributed by atoms with van der Waals surface area (Å²) in [4.78, 5) is 18.8. The van der Waals surface area contributed by atoms with E-state index < -0.39 is 0 Å². The van der Waals surface area contributed by atoms with E-state index in [9.17, 15) is 4.79 Å². The third-order valence-corrected chi connectivity index (χ3v) is 5.47. The number of rotatable bonds is 3. The SMILES string of the molecule is Cc1nc([C@H]2C[C@@H]3CCN(C(=O)Cc4ccsc4)C[C@H]3O2)n[nH]1. The summed E-state index contributed by atoms with van der Waals surface area (Å²) >= 11 is 1.63. The van der Waals surface area contributed by atoms with Crippen molar-refractivity contribution in [3.8, 4) is 0 Å². The van der Waals surface area contributed by atoms with Crippen LogP contribution in [-0.2, 0) is 16.0 Å². The van der Waals surface area contributed by atoms with Crippen molar-refractivity contribution in [2.75, 3.05) is 13.1 Å². The van der Waals surface area contributed by atoms with Gasteiger partial charge in [-0.2, -0.15) is 16.4 Å². The number of amides is 1. The third-order valence-electron chi connectivity index (χ3n) is 4.74. The summed E-state index contributed by atoms with van der Waals surface area (Å²) in [6.45, 7) is 3.41. The fourth-order valence-electron chi connectivity index (χ4n) is 3.51. The van der Waals surface area contributed by atoms with Crippen molar-refractivity contribution >= 4 is 17.2 Å². The molecule has 0 unspecified atom stereocenters. The number of aromatic amines is 1. The standard InChI is InChI=1S/C16H20N4O2S/c1-10-17-16(19-18-10)13-7-12-2-4-20(8-14(12)22-13)15(21)6-11-3-5-23-9-11/h3,5,9,12-14H,2,4,6-8H2,1H3,(H,17,18,19)/t12-,13+,14+/m0/s1. The number of thiophene rings is 1. The molecule has 23 heavy (non-hydrogen) atoms. The average molecular weight is 332 g/mol. The van der Waals surface area contributed by atoms with Crippen molar-refractivity contribution in [1.29, 1.82) is 0 Å². The van der Waals surface area contributed by atoms with Gasteiger partial charge in [-0.1, -0.05) is 0 Å². The Labute approximate surface area is 138 Å². The zero-order chi connectivity index (χ0) is 15.8. The van der Waals surface area contributed by atoms with Crippen molar-refractivity contribution in [2.24, 2.45) is 5.92 Å². The largest absolute Gasteiger partial charge is 0.365 e. The van der Waals surface area contributed by atoms with Crippen LogP contribution in [0, 0.1) is 12.8 Å². The first kappa shape index (κ1) is 14.8. The van der Waals surface area contributed by atoms with Gasteiger partial charge in [0.2, 0.25) is 5.91 Å². The van der Waals surface area contributed by atoms with Crippen molar-refractivity contribution in [1.82, 2.24) is 20.1 Å². The van der Waals surface area contributed by atoms with E-state index in [0.29, 0.717) is 18.9 Å². The van der Waals surface area contributed by atoms with E-state index in [-0.39, 0.29) is 18.1 Å². The van der Waals surface area contributed by atoms with Gasteiger partial charge in [-0.05, 0) is 48.1 Å². The molecular formula is C16H20N4O2S. The highest BCUT2D eigenvalue weighted by molar-refractivity contribution is 7.07. The van der Waals surface area contributed by atoms with Gasteiger partial charge in [-0.25, -0.2) is 4.98 Å². The zero-order valence-electron chi connectivity index (χ0n) is 13.1. The number of aromatic nitrogens is 3. The summed E-state index contributed by atoms with van der Waals surface area (Å²) in [6, 6.07) is 2.02. The Kier molecular flexibility index (Phi) is 3.90. The second-order valence-electron chi connectivity index (χ2n) is 6.37. The van der Waals surface area contributed by atoms with Crippen molar-refractivity contribution in [3.05, 3.63) is 34.0 Å². The van der Waals surface area contributed by atoms with Crippen LogP contribution in [0.25, 0.3) is 0 Å². The Morgan fingerprint density at radius 1 is 1.57 bits per heavy atom. The first-order chi connectivity index (χ1) is 11.2. The zero-order valence-corrected chi connectivity index (χ0v) is 13.9. The molecule has 0 saturated carbocycles. The summed E-state index contributed by atoms with van der Waals surface area (Å²) in [5.74, 6) is 2.26. The Morgan fingerprint density at radius 2 is 2.48 bits per heavy atom. The van der Waals surface area contributed by atoms with Gasteiger partial charge in [-0.15, -0.1) is 0 Å². The molecule has 0 bridgehead atoms. The van der Waals surface area contributed by atoms with Gasteiger partial charge >= 0.3 is 0 Å². The third kappa shape index (κ3) is 3.03. The molecule has 0 aromatic carbocycles. The lowest BCUT2D eigenvalue weighted by atomic mass is 9.91. The molecule has 122 valence electrons. The number of likely N-dealkylation sites (tertiary alicyclic amines) is 1. The minimum Gasteiger partial charge on any atom is -0.365 e. The van der Waals surface area contributed by atoms with E-state index in [4.69, 9.17) is 4.74 Å². The molecule has 2 aliphatic rings. The number of H-pyrrole nitrogens is 1. The topological polar surface area (TPSA) is 71.1 Å². The lowest BCUT2D eigenvalue weighted by Crippen LogP contribution is -2.45. The van der Waals surface area contributed by atoms with Gasteiger partial charge in [0.1, 0.15) is 11.9 Å². The molecule has 2 aromatic rings.